The van der Waals surface area contributed by atoms with Gasteiger partial charge in [-0.3, -0.25) is 0 Å². The van der Waals surface area contributed by atoms with Gasteiger partial charge in [-0.2, -0.15) is 0 Å². The lowest BCUT2D eigenvalue weighted by Gasteiger charge is -2.26. The molecule has 0 saturated carbocycles. The Bertz CT molecular complexity index is 3100. The van der Waals surface area contributed by atoms with Gasteiger partial charge in [-0.25, -0.2) is 0 Å². The zero-order valence-electron chi connectivity index (χ0n) is 26.8. The predicted octanol–water partition coefficient (Wildman–Crippen LogP) is 13.7. The minimum absolute atomic E-state index is 0.790. The molecule has 3 aromatic heterocycles. The first-order valence-electron chi connectivity index (χ1n) is 16.8. The summed E-state index contributed by atoms with van der Waals surface area (Å²) < 4.78 is 19.5. The molecule has 8 aromatic carbocycles. The third-order valence-electron chi connectivity index (χ3n) is 10.1. The smallest absolute Gasteiger partial charge is 0.147 e. The van der Waals surface area contributed by atoms with Crippen LogP contribution in [0, 0.1) is 0 Å². The molecule has 0 aliphatic carbocycles. The van der Waals surface area contributed by atoms with Gasteiger partial charge < -0.3 is 18.2 Å². The van der Waals surface area contributed by atoms with Crippen LogP contribution < -0.4 is 4.90 Å². The first kappa shape index (κ1) is 27.2. The van der Waals surface area contributed by atoms with E-state index in [9.17, 15) is 0 Å². The monoisotopic (exact) mass is 641 g/mol. The Hall–Kier alpha value is -6.78. The Morgan fingerprint density at radius 1 is 0.360 bits per heavy atom. The van der Waals surface area contributed by atoms with Crippen molar-refractivity contribution in [1.29, 1.82) is 0 Å². The topological polar surface area (TPSA) is 42.7 Å². The summed E-state index contributed by atoms with van der Waals surface area (Å²) in [5.41, 5.74) is 10.3. The molecule has 4 heteroatoms. The van der Waals surface area contributed by atoms with Gasteiger partial charge in [0.2, 0.25) is 0 Å². The third-order valence-corrected chi connectivity index (χ3v) is 10.1. The normalized spacial score (nSPS) is 12.0. The first-order chi connectivity index (χ1) is 24.8. The van der Waals surface area contributed by atoms with Gasteiger partial charge in [-0.05, 0) is 82.6 Å². The van der Waals surface area contributed by atoms with Gasteiger partial charge in [0.1, 0.15) is 33.5 Å². The summed E-state index contributed by atoms with van der Waals surface area (Å²) in [5.74, 6) is 0. The zero-order chi connectivity index (χ0) is 32.8. The fourth-order valence-electron chi connectivity index (χ4n) is 7.80. The molecule has 0 fully saturated rings. The third kappa shape index (κ3) is 3.93. The highest BCUT2D eigenvalue weighted by molar-refractivity contribution is 6.25. The molecule has 11 aromatic rings. The molecule has 0 aliphatic heterocycles. The molecular formula is C46H27NO3. The molecule has 11 rings (SSSR count). The highest BCUT2D eigenvalue weighted by Crippen LogP contribution is 2.47. The van der Waals surface area contributed by atoms with Crippen LogP contribution in [0.5, 0.6) is 0 Å². The van der Waals surface area contributed by atoms with Crippen molar-refractivity contribution in [3.8, 4) is 11.1 Å². The minimum Gasteiger partial charge on any atom is -0.456 e. The number of para-hydroxylation sites is 2. The number of benzene rings is 8. The predicted molar refractivity (Wildman–Crippen MR) is 206 cm³/mol. The number of rotatable bonds is 4. The summed E-state index contributed by atoms with van der Waals surface area (Å²) in [6.07, 6.45) is 0. The largest absolute Gasteiger partial charge is 0.456 e. The van der Waals surface area contributed by atoms with E-state index in [4.69, 9.17) is 13.3 Å². The molecule has 0 atom stereocenters. The Morgan fingerprint density at radius 3 is 1.82 bits per heavy atom. The van der Waals surface area contributed by atoms with Crippen LogP contribution in [0.1, 0.15) is 0 Å². The standard InChI is InChI=1S/C46H27NO3/c1-2-11-32-28(9-1)10-7-14-33(32)29-19-21-30(22-20-29)47(31-23-24-36-34-12-3-5-16-39(34)48-43(36)27-31)38-15-8-18-41-44(38)45-42(49-41)26-25-37-35-13-4-6-17-40(35)50-46(37)45/h1-27H. The molecule has 50 heavy (non-hydrogen) atoms. The van der Waals surface area contributed by atoms with Gasteiger partial charge in [0.25, 0.3) is 0 Å². The maximum absolute atomic E-state index is 6.58. The number of nitrogens with zero attached hydrogens (tertiary/aromatic N) is 1. The molecule has 0 spiro atoms. The van der Waals surface area contributed by atoms with Crippen LogP contribution in [-0.4, -0.2) is 0 Å². The molecule has 0 radical (unpaired) electrons. The van der Waals surface area contributed by atoms with Crippen molar-refractivity contribution < 1.29 is 13.3 Å². The zero-order valence-corrected chi connectivity index (χ0v) is 26.8. The van der Waals surface area contributed by atoms with Crippen molar-refractivity contribution in [2.45, 2.75) is 0 Å². The highest BCUT2D eigenvalue weighted by atomic mass is 16.3. The van der Waals surface area contributed by atoms with E-state index in [0.29, 0.717) is 0 Å². The van der Waals surface area contributed by atoms with Gasteiger partial charge in [-0.15, -0.1) is 0 Å². The molecular weight excluding hydrogens is 615 g/mol. The number of furan rings is 3. The summed E-state index contributed by atoms with van der Waals surface area (Å²) in [6, 6.07) is 57.2. The van der Waals surface area contributed by atoms with E-state index in [1.54, 1.807) is 0 Å². The van der Waals surface area contributed by atoms with E-state index in [-0.39, 0.29) is 0 Å². The molecule has 234 valence electrons. The fourth-order valence-corrected chi connectivity index (χ4v) is 7.80. The van der Waals surface area contributed by atoms with Crippen LogP contribution in [-0.2, 0) is 0 Å². The second-order valence-electron chi connectivity index (χ2n) is 12.9. The van der Waals surface area contributed by atoms with Gasteiger partial charge >= 0.3 is 0 Å². The van der Waals surface area contributed by atoms with E-state index in [0.717, 1.165) is 88.4 Å². The van der Waals surface area contributed by atoms with Crippen molar-refractivity contribution in [3.05, 3.63) is 164 Å². The average Bonchev–Trinajstić information content (AvgIpc) is 3.86. The number of anilines is 3. The number of fused-ring (bicyclic) bond motifs is 11. The second kappa shape index (κ2) is 10.4. The minimum atomic E-state index is 0.790. The van der Waals surface area contributed by atoms with Crippen LogP contribution >= 0.6 is 0 Å². The van der Waals surface area contributed by atoms with E-state index < -0.39 is 0 Å². The average molecular weight is 642 g/mol. The van der Waals surface area contributed by atoms with E-state index in [2.05, 4.69) is 138 Å². The Morgan fingerprint density at radius 2 is 0.960 bits per heavy atom. The molecule has 0 bridgehead atoms. The van der Waals surface area contributed by atoms with Crippen molar-refractivity contribution in [3.63, 3.8) is 0 Å². The lowest BCUT2D eigenvalue weighted by Crippen LogP contribution is -2.10. The maximum Gasteiger partial charge on any atom is 0.147 e. The van der Waals surface area contributed by atoms with Gasteiger partial charge in [0.05, 0.1) is 16.5 Å². The number of hydrogen-bond donors (Lipinski definition) is 0. The SMILES string of the molecule is c1ccc2c(-c3ccc(N(c4ccc5c(c4)oc4ccccc45)c4cccc5oc6ccc7c8ccccc8oc7c6c45)cc3)cccc2c1. The molecule has 0 saturated heterocycles. The van der Waals surface area contributed by atoms with Crippen molar-refractivity contribution in [1.82, 2.24) is 0 Å². The Kier molecular flexibility index (Phi) is 5.63. The lowest BCUT2D eigenvalue weighted by atomic mass is 9.98. The molecule has 0 unspecified atom stereocenters. The Labute approximate surface area is 286 Å². The van der Waals surface area contributed by atoms with Crippen LogP contribution in [0.15, 0.2) is 177 Å². The summed E-state index contributed by atoms with van der Waals surface area (Å²) in [6.45, 7) is 0. The summed E-state index contributed by atoms with van der Waals surface area (Å²) in [4.78, 5) is 2.30. The first-order valence-corrected chi connectivity index (χ1v) is 16.8. The van der Waals surface area contributed by atoms with Crippen molar-refractivity contribution in [2.24, 2.45) is 0 Å². The van der Waals surface area contributed by atoms with Crippen LogP contribution in [0.25, 0.3) is 87.7 Å². The van der Waals surface area contributed by atoms with Gasteiger partial charge in [0, 0.05) is 39.0 Å². The maximum atomic E-state index is 6.58. The van der Waals surface area contributed by atoms with Crippen molar-refractivity contribution in [2.75, 3.05) is 4.90 Å². The summed E-state index contributed by atoms with van der Waals surface area (Å²) in [7, 11) is 0. The van der Waals surface area contributed by atoms with E-state index in [1.165, 1.54) is 16.3 Å². The fraction of sp³-hybridized carbons (Fsp3) is 0. The van der Waals surface area contributed by atoms with Crippen LogP contribution in [0.3, 0.4) is 0 Å². The van der Waals surface area contributed by atoms with Gasteiger partial charge in [-0.1, -0.05) is 97.1 Å². The quantitative estimate of drug-likeness (QED) is 0.192. The summed E-state index contributed by atoms with van der Waals surface area (Å²) in [5, 5.41) is 8.78. The van der Waals surface area contributed by atoms with Crippen molar-refractivity contribution >= 4 is 93.7 Å². The molecule has 0 amide bonds. The molecule has 0 N–H and O–H groups in total. The molecule has 3 heterocycles. The molecule has 4 nitrogen and oxygen atoms in total. The van der Waals surface area contributed by atoms with Crippen LogP contribution in [0.2, 0.25) is 0 Å². The second-order valence-corrected chi connectivity index (χ2v) is 12.9. The number of hydrogen-bond acceptors (Lipinski definition) is 4. The van der Waals surface area contributed by atoms with Gasteiger partial charge in [0.15, 0.2) is 0 Å². The van der Waals surface area contributed by atoms with E-state index in [1.807, 2.05) is 30.3 Å². The van der Waals surface area contributed by atoms with Crippen LogP contribution in [0.4, 0.5) is 17.1 Å². The van der Waals surface area contributed by atoms with E-state index >= 15 is 0 Å². The Balaban J connectivity index is 1.17. The highest BCUT2D eigenvalue weighted by Gasteiger charge is 2.23. The molecule has 0 aliphatic rings. The lowest BCUT2D eigenvalue weighted by molar-refractivity contribution is 0.663. The summed E-state index contributed by atoms with van der Waals surface area (Å²) >= 11 is 0.